The van der Waals surface area contributed by atoms with Crippen molar-refractivity contribution in [2.45, 2.75) is 39.5 Å². The van der Waals surface area contributed by atoms with Gasteiger partial charge in [0.05, 0.1) is 12.7 Å². The molecule has 19 heavy (non-hydrogen) atoms. The van der Waals surface area contributed by atoms with Crippen LogP contribution in [0.5, 0.6) is 0 Å². The molecule has 1 unspecified atom stereocenters. The molecule has 0 aliphatic carbocycles. The van der Waals surface area contributed by atoms with Crippen molar-refractivity contribution in [2.24, 2.45) is 5.92 Å². The smallest absolute Gasteiger partial charge is 0.323 e. The first-order valence-corrected chi connectivity index (χ1v) is 6.54. The quantitative estimate of drug-likeness (QED) is 0.780. The number of hydrogen-bond donors (Lipinski definition) is 0. The normalized spacial score (nSPS) is 12.6. The third kappa shape index (κ3) is 4.40. The molecule has 1 rings (SSSR count). The lowest BCUT2D eigenvalue weighted by Gasteiger charge is -2.19. The van der Waals surface area contributed by atoms with Crippen LogP contribution in [0, 0.1) is 17.2 Å². The fourth-order valence-electron chi connectivity index (χ4n) is 1.80. The molecule has 0 fully saturated rings. The van der Waals surface area contributed by atoms with Crippen molar-refractivity contribution in [1.82, 2.24) is 0 Å². The molecule has 0 N–H and O–H groups in total. The van der Waals surface area contributed by atoms with Crippen molar-refractivity contribution in [3.63, 3.8) is 0 Å². The molecule has 0 amide bonds. The van der Waals surface area contributed by atoms with Gasteiger partial charge >= 0.3 is 5.97 Å². The molecule has 1 aromatic rings. The molecule has 0 spiro atoms. The number of benzene rings is 1. The molecular formula is C16H21NO2. The molecule has 3 nitrogen and oxygen atoms in total. The summed E-state index contributed by atoms with van der Waals surface area (Å²) in [6, 6.07) is 10.1. The van der Waals surface area contributed by atoms with Crippen LogP contribution in [0.1, 0.15) is 38.8 Å². The number of carbonyl (C=O) groups is 1. The van der Waals surface area contributed by atoms with Crippen LogP contribution in [-0.4, -0.2) is 12.6 Å². The largest absolute Gasteiger partial charge is 0.465 e. The van der Waals surface area contributed by atoms with Gasteiger partial charge in [0.25, 0.3) is 0 Å². The monoisotopic (exact) mass is 259 g/mol. The summed E-state index contributed by atoms with van der Waals surface area (Å²) in [5, 5.41) is 9.02. The Kier molecular flexibility index (Phi) is 5.11. The van der Waals surface area contributed by atoms with Crippen molar-refractivity contribution < 1.29 is 9.53 Å². The number of nitriles is 1. The van der Waals surface area contributed by atoms with Crippen molar-refractivity contribution >= 4 is 5.97 Å². The topological polar surface area (TPSA) is 50.1 Å². The molecule has 0 saturated carbocycles. The van der Waals surface area contributed by atoms with E-state index in [1.165, 1.54) is 5.56 Å². The zero-order chi connectivity index (χ0) is 14.5. The van der Waals surface area contributed by atoms with Crippen LogP contribution in [-0.2, 0) is 21.4 Å². The molecule has 3 heteroatoms. The molecule has 0 aliphatic heterocycles. The number of rotatable bonds is 4. The third-order valence-electron chi connectivity index (χ3n) is 2.99. The first-order valence-electron chi connectivity index (χ1n) is 6.54. The lowest BCUT2D eigenvalue weighted by Crippen LogP contribution is -2.18. The molecule has 0 radical (unpaired) electrons. The van der Waals surface area contributed by atoms with Gasteiger partial charge in [-0.25, -0.2) is 0 Å². The minimum Gasteiger partial charge on any atom is -0.465 e. The Balaban J connectivity index is 2.77. The third-order valence-corrected chi connectivity index (χ3v) is 2.99. The second kappa shape index (κ2) is 6.38. The van der Waals surface area contributed by atoms with Gasteiger partial charge < -0.3 is 4.74 Å². The molecule has 0 saturated heterocycles. The Hall–Kier alpha value is -1.82. The van der Waals surface area contributed by atoms with Crippen LogP contribution in [0.15, 0.2) is 24.3 Å². The summed E-state index contributed by atoms with van der Waals surface area (Å²) in [7, 11) is 0. The van der Waals surface area contributed by atoms with Gasteiger partial charge in [0.2, 0.25) is 0 Å². The van der Waals surface area contributed by atoms with Gasteiger partial charge in [-0.1, -0.05) is 45.0 Å². The average Bonchev–Trinajstić information content (AvgIpc) is 2.35. The maximum atomic E-state index is 11.6. The van der Waals surface area contributed by atoms with Crippen LogP contribution in [0.2, 0.25) is 0 Å². The van der Waals surface area contributed by atoms with Crippen molar-refractivity contribution in [1.29, 1.82) is 5.26 Å². The molecule has 1 aromatic carbocycles. The number of ether oxygens (including phenoxy) is 1. The van der Waals surface area contributed by atoms with Gasteiger partial charge in [0.15, 0.2) is 0 Å². The zero-order valence-electron chi connectivity index (χ0n) is 12.1. The van der Waals surface area contributed by atoms with Crippen molar-refractivity contribution in [2.75, 3.05) is 6.61 Å². The van der Waals surface area contributed by atoms with E-state index in [1.54, 1.807) is 6.92 Å². The van der Waals surface area contributed by atoms with Crippen LogP contribution in [0.25, 0.3) is 0 Å². The Morgan fingerprint density at radius 3 is 2.32 bits per heavy atom. The lowest BCUT2D eigenvalue weighted by molar-refractivity contribution is -0.145. The molecule has 0 bridgehead atoms. The van der Waals surface area contributed by atoms with E-state index in [0.717, 1.165) is 5.56 Å². The maximum Gasteiger partial charge on any atom is 0.323 e. The van der Waals surface area contributed by atoms with E-state index >= 15 is 0 Å². The highest BCUT2D eigenvalue weighted by Gasteiger charge is 2.20. The predicted molar refractivity (Wildman–Crippen MR) is 74.6 cm³/mol. The number of hydrogen-bond acceptors (Lipinski definition) is 3. The Morgan fingerprint density at radius 1 is 1.32 bits per heavy atom. The van der Waals surface area contributed by atoms with E-state index in [1.807, 2.05) is 18.2 Å². The highest BCUT2D eigenvalue weighted by atomic mass is 16.5. The standard InChI is InChI=1S/C16H21NO2/c1-5-19-15(18)13(11-17)10-12-6-8-14(9-7-12)16(2,3)4/h6-9,13H,5,10H2,1-4H3. The maximum absolute atomic E-state index is 11.6. The highest BCUT2D eigenvalue weighted by Crippen LogP contribution is 2.23. The van der Waals surface area contributed by atoms with Gasteiger partial charge in [-0.2, -0.15) is 5.26 Å². The number of carbonyl (C=O) groups excluding carboxylic acids is 1. The summed E-state index contributed by atoms with van der Waals surface area (Å²) in [6.07, 6.45) is 0.403. The van der Waals surface area contributed by atoms with Crippen molar-refractivity contribution in [3.8, 4) is 6.07 Å². The summed E-state index contributed by atoms with van der Waals surface area (Å²) in [4.78, 5) is 11.6. The predicted octanol–water partition coefficient (Wildman–Crippen LogP) is 3.23. The molecule has 1 atom stereocenters. The van der Waals surface area contributed by atoms with E-state index in [0.29, 0.717) is 13.0 Å². The van der Waals surface area contributed by atoms with Crippen LogP contribution in [0.4, 0.5) is 0 Å². The molecular weight excluding hydrogens is 238 g/mol. The van der Waals surface area contributed by atoms with Gasteiger partial charge in [0, 0.05) is 0 Å². The molecule has 0 aromatic heterocycles. The van der Waals surface area contributed by atoms with Crippen LogP contribution in [0.3, 0.4) is 0 Å². The number of esters is 1. The van der Waals surface area contributed by atoms with Crippen molar-refractivity contribution in [3.05, 3.63) is 35.4 Å². The first-order chi connectivity index (χ1) is 8.88. The molecule has 102 valence electrons. The molecule has 0 heterocycles. The van der Waals surface area contributed by atoms with E-state index < -0.39 is 11.9 Å². The van der Waals surface area contributed by atoms with E-state index in [4.69, 9.17) is 10.00 Å². The Labute approximate surface area is 115 Å². The van der Waals surface area contributed by atoms with E-state index in [2.05, 4.69) is 32.9 Å². The van der Waals surface area contributed by atoms with E-state index in [9.17, 15) is 4.79 Å². The fraction of sp³-hybridized carbons (Fsp3) is 0.500. The van der Waals surface area contributed by atoms with Gasteiger partial charge in [0.1, 0.15) is 5.92 Å². The SMILES string of the molecule is CCOC(=O)C(C#N)Cc1ccc(C(C)(C)C)cc1. The van der Waals surface area contributed by atoms with Gasteiger partial charge in [-0.05, 0) is 29.9 Å². The van der Waals surface area contributed by atoms with Crippen LogP contribution >= 0.6 is 0 Å². The van der Waals surface area contributed by atoms with Crippen LogP contribution < -0.4 is 0 Å². The Morgan fingerprint density at radius 2 is 1.89 bits per heavy atom. The minimum atomic E-state index is -0.722. The average molecular weight is 259 g/mol. The summed E-state index contributed by atoms with van der Waals surface area (Å²) in [5.41, 5.74) is 2.32. The van der Waals surface area contributed by atoms with Gasteiger partial charge in [-0.15, -0.1) is 0 Å². The zero-order valence-corrected chi connectivity index (χ0v) is 12.1. The minimum absolute atomic E-state index is 0.105. The second-order valence-electron chi connectivity index (χ2n) is 5.58. The first kappa shape index (κ1) is 15.2. The van der Waals surface area contributed by atoms with E-state index in [-0.39, 0.29) is 5.41 Å². The highest BCUT2D eigenvalue weighted by molar-refractivity contribution is 5.75. The molecule has 0 aliphatic rings. The Bertz CT molecular complexity index is 463. The van der Waals surface area contributed by atoms with Gasteiger partial charge in [-0.3, -0.25) is 4.79 Å². The summed E-state index contributed by atoms with van der Waals surface area (Å²) >= 11 is 0. The summed E-state index contributed by atoms with van der Waals surface area (Å²) in [6.45, 7) is 8.50. The summed E-state index contributed by atoms with van der Waals surface area (Å²) in [5.74, 6) is -1.16. The summed E-state index contributed by atoms with van der Waals surface area (Å²) < 4.78 is 4.88. The lowest BCUT2D eigenvalue weighted by atomic mass is 9.86. The second-order valence-corrected chi connectivity index (χ2v) is 5.58. The fourth-order valence-corrected chi connectivity index (χ4v) is 1.80. The number of nitrogens with zero attached hydrogens (tertiary/aromatic N) is 1.